The van der Waals surface area contributed by atoms with E-state index in [0.29, 0.717) is 23.1 Å². The lowest BCUT2D eigenvalue weighted by Crippen LogP contribution is -1.98. The number of hydrogen-bond donors (Lipinski definition) is 0. The van der Waals surface area contributed by atoms with E-state index in [1.54, 1.807) is 18.3 Å². The smallest absolute Gasteiger partial charge is 0.277 e. The van der Waals surface area contributed by atoms with E-state index in [1.807, 2.05) is 26.8 Å². The standard InChI is InChI=1S/C14H14N6O/c1-8(2)12-15-7-6-11(16-12)14-17-13(20-21-14)10-5-4-9(3)18-19-10/h4-8H,1-3H3. The summed E-state index contributed by atoms with van der Waals surface area (Å²) in [5.74, 6) is 1.71. The van der Waals surface area contributed by atoms with E-state index >= 15 is 0 Å². The Morgan fingerprint density at radius 3 is 2.57 bits per heavy atom. The number of hydrogen-bond acceptors (Lipinski definition) is 7. The first-order valence-corrected chi connectivity index (χ1v) is 6.61. The molecule has 3 aromatic heterocycles. The molecule has 3 heterocycles. The molecule has 7 nitrogen and oxygen atoms in total. The lowest BCUT2D eigenvalue weighted by molar-refractivity contribution is 0.430. The number of aromatic nitrogens is 6. The Balaban J connectivity index is 1.94. The molecule has 0 atom stereocenters. The maximum atomic E-state index is 5.25. The second kappa shape index (κ2) is 5.35. The van der Waals surface area contributed by atoms with Gasteiger partial charge in [0.2, 0.25) is 5.82 Å². The highest BCUT2D eigenvalue weighted by Crippen LogP contribution is 2.20. The van der Waals surface area contributed by atoms with Gasteiger partial charge in [-0.15, -0.1) is 5.10 Å². The van der Waals surface area contributed by atoms with E-state index in [2.05, 4.69) is 30.3 Å². The first-order valence-electron chi connectivity index (χ1n) is 6.61. The third-order valence-electron chi connectivity index (χ3n) is 2.86. The molecule has 106 valence electrons. The van der Waals surface area contributed by atoms with Crippen molar-refractivity contribution in [2.24, 2.45) is 0 Å². The van der Waals surface area contributed by atoms with Crippen molar-refractivity contribution in [3.63, 3.8) is 0 Å². The Hall–Kier alpha value is -2.70. The maximum absolute atomic E-state index is 5.25. The van der Waals surface area contributed by atoms with Crippen LogP contribution in [-0.4, -0.2) is 30.3 Å². The van der Waals surface area contributed by atoms with Crippen LogP contribution in [0.4, 0.5) is 0 Å². The van der Waals surface area contributed by atoms with Gasteiger partial charge in [-0.25, -0.2) is 9.97 Å². The lowest BCUT2D eigenvalue weighted by atomic mass is 10.2. The highest BCUT2D eigenvalue weighted by atomic mass is 16.5. The van der Waals surface area contributed by atoms with E-state index in [1.165, 1.54) is 0 Å². The Kier molecular flexibility index (Phi) is 3.39. The van der Waals surface area contributed by atoms with Gasteiger partial charge < -0.3 is 4.52 Å². The van der Waals surface area contributed by atoms with Crippen LogP contribution >= 0.6 is 0 Å². The fraction of sp³-hybridized carbons (Fsp3) is 0.286. The van der Waals surface area contributed by atoms with Gasteiger partial charge in [-0.3, -0.25) is 0 Å². The van der Waals surface area contributed by atoms with Crippen molar-refractivity contribution in [3.8, 4) is 23.1 Å². The molecule has 0 fully saturated rings. The largest absolute Gasteiger partial charge is 0.332 e. The van der Waals surface area contributed by atoms with Crippen LogP contribution < -0.4 is 0 Å². The lowest BCUT2D eigenvalue weighted by Gasteiger charge is -2.02. The molecule has 0 aliphatic heterocycles. The Morgan fingerprint density at radius 2 is 1.86 bits per heavy atom. The van der Waals surface area contributed by atoms with E-state index in [9.17, 15) is 0 Å². The zero-order chi connectivity index (χ0) is 14.8. The molecule has 0 saturated heterocycles. The summed E-state index contributed by atoms with van der Waals surface area (Å²) in [6.07, 6.45) is 1.69. The fourth-order valence-electron chi connectivity index (χ4n) is 1.72. The minimum absolute atomic E-state index is 0.232. The van der Waals surface area contributed by atoms with Crippen LogP contribution in [0.25, 0.3) is 23.1 Å². The second-order valence-corrected chi connectivity index (χ2v) is 4.94. The monoisotopic (exact) mass is 282 g/mol. The van der Waals surface area contributed by atoms with Crippen molar-refractivity contribution < 1.29 is 4.52 Å². The van der Waals surface area contributed by atoms with Gasteiger partial charge in [0.05, 0.1) is 5.69 Å². The summed E-state index contributed by atoms with van der Waals surface area (Å²) in [7, 11) is 0. The summed E-state index contributed by atoms with van der Waals surface area (Å²) in [5, 5.41) is 11.9. The molecule has 0 aliphatic carbocycles. The second-order valence-electron chi connectivity index (χ2n) is 4.94. The highest BCUT2D eigenvalue weighted by Gasteiger charge is 2.14. The summed E-state index contributed by atoms with van der Waals surface area (Å²) in [6.45, 7) is 5.92. The topological polar surface area (TPSA) is 90.5 Å². The van der Waals surface area contributed by atoms with Crippen molar-refractivity contribution >= 4 is 0 Å². The Bertz CT molecular complexity index is 750. The van der Waals surface area contributed by atoms with E-state index in [-0.39, 0.29) is 5.92 Å². The zero-order valence-electron chi connectivity index (χ0n) is 12.0. The van der Waals surface area contributed by atoms with Gasteiger partial charge in [0.15, 0.2) is 0 Å². The first kappa shape index (κ1) is 13.3. The summed E-state index contributed by atoms with van der Waals surface area (Å²) in [5.41, 5.74) is 2.00. The van der Waals surface area contributed by atoms with Crippen LogP contribution in [0.3, 0.4) is 0 Å². The molecular formula is C14H14N6O. The minimum atomic E-state index is 0.232. The van der Waals surface area contributed by atoms with Gasteiger partial charge in [-0.1, -0.05) is 19.0 Å². The fourth-order valence-corrected chi connectivity index (χ4v) is 1.72. The molecule has 3 aromatic rings. The predicted molar refractivity (Wildman–Crippen MR) is 75.2 cm³/mol. The Morgan fingerprint density at radius 1 is 1.00 bits per heavy atom. The highest BCUT2D eigenvalue weighted by molar-refractivity contribution is 5.53. The third-order valence-corrected chi connectivity index (χ3v) is 2.86. The van der Waals surface area contributed by atoms with E-state index in [0.717, 1.165) is 11.5 Å². The average Bonchev–Trinajstić information content (AvgIpc) is 2.98. The van der Waals surface area contributed by atoms with Gasteiger partial charge in [0.25, 0.3) is 5.89 Å². The number of aryl methyl sites for hydroxylation is 1. The molecule has 0 amide bonds. The molecule has 7 heteroatoms. The van der Waals surface area contributed by atoms with Crippen LogP contribution in [0.5, 0.6) is 0 Å². The van der Waals surface area contributed by atoms with Crippen LogP contribution in [0.2, 0.25) is 0 Å². The molecule has 0 saturated carbocycles. The average molecular weight is 282 g/mol. The summed E-state index contributed by atoms with van der Waals surface area (Å²) < 4.78 is 5.25. The van der Waals surface area contributed by atoms with Crippen LogP contribution in [-0.2, 0) is 0 Å². The molecule has 0 bridgehead atoms. The molecule has 21 heavy (non-hydrogen) atoms. The van der Waals surface area contributed by atoms with E-state index < -0.39 is 0 Å². The molecule has 0 N–H and O–H groups in total. The van der Waals surface area contributed by atoms with Crippen molar-refractivity contribution in [1.82, 2.24) is 30.3 Å². The van der Waals surface area contributed by atoms with Crippen molar-refractivity contribution in [3.05, 3.63) is 35.9 Å². The predicted octanol–water partition coefficient (Wildman–Crippen LogP) is 2.42. The molecule has 0 radical (unpaired) electrons. The third kappa shape index (κ3) is 2.76. The maximum Gasteiger partial charge on any atom is 0.277 e. The van der Waals surface area contributed by atoms with Crippen molar-refractivity contribution in [2.45, 2.75) is 26.7 Å². The summed E-state index contributed by atoms with van der Waals surface area (Å²) >= 11 is 0. The molecular weight excluding hydrogens is 268 g/mol. The van der Waals surface area contributed by atoms with Gasteiger partial charge in [0.1, 0.15) is 17.2 Å². The molecule has 0 spiro atoms. The Labute approximate surface area is 121 Å². The summed E-state index contributed by atoms with van der Waals surface area (Å²) in [4.78, 5) is 12.9. The minimum Gasteiger partial charge on any atom is -0.332 e. The van der Waals surface area contributed by atoms with Gasteiger partial charge >= 0.3 is 0 Å². The van der Waals surface area contributed by atoms with Gasteiger partial charge in [0, 0.05) is 12.1 Å². The molecule has 0 unspecified atom stereocenters. The quantitative estimate of drug-likeness (QED) is 0.728. The number of rotatable bonds is 3. The van der Waals surface area contributed by atoms with Crippen molar-refractivity contribution in [2.75, 3.05) is 0 Å². The van der Waals surface area contributed by atoms with Gasteiger partial charge in [-0.2, -0.15) is 10.1 Å². The first-order chi connectivity index (χ1) is 10.1. The molecule has 3 rings (SSSR count). The van der Waals surface area contributed by atoms with Crippen LogP contribution in [0.1, 0.15) is 31.3 Å². The van der Waals surface area contributed by atoms with Gasteiger partial charge in [-0.05, 0) is 25.1 Å². The summed E-state index contributed by atoms with van der Waals surface area (Å²) in [6, 6.07) is 5.39. The normalized spacial score (nSPS) is 11.0. The SMILES string of the molecule is Cc1ccc(-c2noc(-c3ccnc(C(C)C)n3)n2)nn1. The molecule has 0 aliphatic rings. The van der Waals surface area contributed by atoms with E-state index in [4.69, 9.17) is 4.52 Å². The number of nitrogens with zero attached hydrogens (tertiary/aromatic N) is 6. The van der Waals surface area contributed by atoms with Crippen LogP contribution in [0, 0.1) is 6.92 Å². The van der Waals surface area contributed by atoms with Crippen molar-refractivity contribution in [1.29, 1.82) is 0 Å². The molecule has 0 aromatic carbocycles. The zero-order valence-corrected chi connectivity index (χ0v) is 12.0. The van der Waals surface area contributed by atoms with Crippen LogP contribution in [0.15, 0.2) is 28.9 Å².